The molecular formula is C16H19N3. The van der Waals surface area contributed by atoms with E-state index in [1.807, 2.05) is 6.92 Å². The maximum absolute atomic E-state index is 4.47. The number of nitrogens with one attached hydrogen (secondary N) is 1. The number of anilines is 1. The van der Waals surface area contributed by atoms with Crippen molar-refractivity contribution in [1.29, 1.82) is 0 Å². The Bertz CT molecular complexity index is 565. The summed E-state index contributed by atoms with van der Waals surface area (Å²) >= 11 is 0. The van der Waals surface area contributed by atoms with E-state index in [-0.39, 0.29) is 0 Å². The van der Waals surface area contributed by atoms with Gasteiger partial charge in [-0.15, -0.1) is 0 Å². The molecule has 0 radical (unpaired) electrons. The van der Waals surface area contributed by atoms with Crippen LogP contribution in [-0.4, -0.2) is 16.0 Å². The van der Waals surface area contributed by atoms with Gasteiger partial charge in [0, 0.05) is 23.7 Å². The standard InChI is InChI=1S/C16H19N3/c1-3-13-9-16(18-11(2)17-13)19-15-10-14(15)12-7-5-4-6-8-12/h4-9,14-15H,3,10H2,1-2H3,(H,17,18,19). The molecule has 1 fully saturated rings. The Balaban J connectivity index is 1.69. The number of aryl methyl sites for hydroxylation is 2. The molecule has 1 aromatic carbocycles. The summed E-state index contributed by atoms with van der Waals surface area (Å²) in [6.45, 7) is 4.07. The zero-order chi connectivity index (χ0) is 13.2. The van der Waals surface area contributed by atoms with Gasteiger partial charge in [0.05, 0.1) is 0 Å². The van der Waals surface area contributed by atoms with E-state index in [9.17, 15) is 0 Å². The molecule has 1 saturated carbocycles. The van der Waals surface area contributed by atoms with Crippen molar-refractivity contribution >= 4 is 5.82 Å². The van der Waals surface area contributed by atoms with Crippen molar-refractivity contribution in [3.8, 4) is 0 Å². The fraction of sp³-hybridized carbons (Fsp3) is 0.375. The quantitative estimate of drug-likeness (QED) is 0.908. The highest BCUT2D eigenvalue weighted by Gasteiger charge is 2.38. The summed E-state index contributed by atoms with van der Waals surface area (Å²) in [7, 11) is 0. The third-order valence-corrected chi connectivity index (χ3v) is 3.60. The van der Waals surface area contributed by atoms with Gasteiger partial charge in [-0.3, -0.25) is 0 Å². The molecule has 98 valence electrons. The first-order chi connectivity index (χ1) is 9.26. The van der Waals surface area contributed by atoms with Gasteiger partial charge in [0.15, 0.2) is 0 Å². The van der Waals surface area contributed by atoms with Crippen molar-refractivity contribution in [1.82, 2.24) is 9.97 Å². The summed E-state index contributed by atoms with van der Waals surface area (Å²) in [4.78, 5) is 8.87. The molecule has 0 saturated heterocycles. The summed E-state index contributed by atoms with van der Waals surface area (Å²) in [5.41, 5.74) is 2.52. The first kappa shape index (κ1) is 12.2. The lowest BCUT2D eigenvalue weighted by Gasteiger charge is -2.07. The van der Waals surface area contributed by atoms with Crippen LogP contribution in [0.5, 0.6) is 0 Å². The van der Waals surface area contributed by atoms with Crippen molar-refractivity contribution in [2.75, 3.05) is 5.32 Å². The zero-order valence-electron chi connectivity index (χ0n) is 11.4. The Hall–Kier alpha value is -1.90. The SMILES string of the molecule is CCc1cc(NC2CC2c2ccccc2)nc(C)n1. The molecule has 3 heteroatoms. The summed E-state index contributed by atoms with van der Waals surface area (Å²) in [6, 6.07) is 13.3. The van der Waals surface area contributed by atoms with Crippen LogP contribution in [-0.2, 0) is 6.42 Å². The van der Waals surface area contributed by atoms with Crippen molar-refractivity contribution in [2.24, 2.45) is 0 Å². The van der Waals surface area contributed by atoms with Crippen LogP contribution in [0.15, 0.2) is 36.4 Å². The zero-order valence-corrected chi connectivity index (χ0v) is 11.4. The lowest BCUT2D eigenvalue weighted by Crippen LogP contribution is -2.08. The van der Waals surface area contributed by atoms with E-state index in [1.165, 1.54) is 12.0 Å². The van der Waals surface area contributed by atoms with Crippen LogP contribution in [0.25, 0.3) is 0 Å². The van der Waals surface area contributed by atoms with Gasteiger partial charge in [0.25, 0.3) is 0 Å². The third kappa shape index (κ3) is 2.75. The van der Waals surface area contributed by atoms with Crippen LogP contribution < -0.4 is 5.32 Å². The largest absolute Gasteiger partial charge is 0.367 e. The lowest BCUT2D eigenvalue weighted by molar-refractivity contribution is 0.935. The fourth-order valence-corrected chi connectivity index (χ4v) is 2.50. The minimum Gasteiger partial charge on any atom is -0.367 e. The number of benzene rings is 1. The average molecular weight is 253 g/mol. The molecule has 0 spiro atoms. The number of nitrogens with zero attached hydrogens (tertiary/aromatic N) is 2. The highest BCUT2D eigenvalue weighted by atomic mass is 15.1. The highest BCUT2D eigenvalue weighted by molar-refractivity contribution is 5.42. The summed E-state index contributed by atoms with van der Waals surface area (Å²) < 4.78 is 0. The van der Waals surface area contributed by atoms with E-state index in [0.29, 0.717) is 12.0 Å². The Morgan fingerprint density at radius 1 is 1.21 bits per heavy atom. The Morgan fingerprint density at radius 3 is 2.74 bits per heavy atom. The first-order valence-electron chi connectivity index (χ1n) is 6.92. The molecule has 2 atom stereocenters. The van der Waals surface area contributed by atoms with E-state index >= 15 is 0 Å². The normalized spacial score (nSPS) is 21.2. The number of hydrogen-bond acceptors (Lipinski definition) is 3. The fourth-order valence-electron chi connectivity index (χ4n) is 2.50. The minimum atomic E-state index is 0.515. The predicted octanol–water partition coefficient (Wildman–Crippen LogP) is 3.32. The van der Waals surface area contributed by atoms with Crippen LogP contribution >= 0.6 is 0 Å². The van der Waals surface area contributed by atoms with Crippen molar-refractivity contribution in [3.63, 3.8) is 0 Å². The monoisotopic (exact) mass is 253 g/mol. The maximum atomic E-state index is 4.47. The summed E-state index contributed by atoms with van der Waals surface area (Å²) in [5, 5.41) is 3.53. The van der Waals surface area contributed by atoms with Gasteiger partial charge < -0.3 is 5.32 Å². The van der Waals surface area contributed by atoms with Crippen LogP contribution in [0.2, 0.25) is 0 Å². The van der Waals surface area contributed by atoms with Gasteiger partial charge in [-0.2, -0.15) is 0 Å². The summed E-state index contributed by atoms with van der Waals surface area (Å²) in [5.74, 6) is 2.44. The van der Waals surface area contributed by atoms with Gasteiger partial charge >= 0.3 is 0 Å². The molecular weight excluding hydrogens is 234 g/mol. The molecule has 1 aliphatic rings. The number of hydrogen-bond donors (Lipinski definition) is 1. The molecule has 3 nitrogen and oxygen atoms in total. The van der Waals surface area contributed by atoms with Crippen LogP contribution in [0.4, 0.5) is 5.82 Å². The maximum Gasteiger partial charge on any atom is 0.130 e. The van der Waals surface area contributed by atoms with Gasteiger partial charge in [-0.1, -0.05) is 37.3 Å². The summed E-state index contributed by atoms with van der Waals surface area (Å²) in [6.07, 6.45) is 2.14. The van der Waals surface area contributed by atoms with Crippen LogP contribution in [0, 0.1) is 6.92 Å². The number of aromatic nitrogens is 2. The van der Waals surface area contributed by atoms with Gasteiger partial charge in [0.1, 0.15) is 11.6 Å². The second-order valence-electron chi connectivity index (χ2n) is 5.15. The van der Waals surface area contributed by atoms with Gasteiger partial charge in [-0.25, -0.2) is 9.97 Å². The molecule has 2 aromatic rings. The van der Waals surface area contributed by atoms with Crippen LogP contribution in [0.3, 0.4) is 0 Å². The van der Waals surface area contributed by atoms with Gasteiger partial charge in [-0.05, 0) is 25.3 Å². The molecule has 19 heavy (non-hydrogen) atoms. The second kappa shape index (κ2) is 5.00. The third-order valence-electron chi connectivity index (χ3n) is 3.60. The molecule has 1 N–H and O–H groups in total. The predicted molar refractivity (Wildman–Crippen MR) is 77.4 cm³/mol. The van der Waals surface area contributed by atoms with Gasteiger partial charge in [0.2, 0.25) is 0 Å². The molecule has 2 unspecified atom stereocenters. The van der Waals surface area contributed by atoms with Crippen LogP contribution in [0.1, 0.15) is 36.3 Å². The topological polar surface area (TPSA) is 37.8 Å². The number of rotatable bonds is 4. The molecule has 0 bridgehead atoms. The Labute approximate surface area is 114 Å². The molecule has 1 aliphatic carbocycles. The molecule has 1 heterocycles. The first-order valence-corrected chi connectivity index (χ1v) is 6.92. The Morgan fingerprint density at radius 2 is 2.00 bits per heavy atom. The van der Waals surface area contributed by atoms with E-state index in [2.05, 4.69) is 58.6 Å². The van der Waals surface area contributed by atoms with Crippen molar-refractivity contribution in [2.45, 2.75) is 38.6 Å². The van der Waals surface area contributed by atoms with E-state index < -0.39 is 0 Å². The lowest BCUT2D eigenvalue weighted by atomic mass is 10.1. The highest BCUT2D eigenvalue weighted by Crippen LogP contribution is 2.42. The molecule has 3 rings (SSSR count). The molecule has 1 aromatic heterocycles. The van der Waals surface area contributed by atoms with E-state index in [4.69, 9.17) is 0 Å². The average Bonchev–Trinajstić information content (AvgIpc) is 3.18. The minimum absolute atomic E-state index is 0.515. The van der Waals surface area contributed by atoms with Crippen molar-refractivity contribution < 1.29 is 0 Å². The molecule has 0 aliphatic heterocycles. The second-order valence-corrected chi connectivity index (χ2v) is 5.15. The molecule has 0 amide bonds. The smallest absolute Gasteiger partial charge is 0.130 e. The van der Waals surface area contributed by atoms with E-state index in [0.717, 1.165) is 23.8 Å². The van der Waals surface area contributed by atoms with Crippen molar-refractivity contribution in [3.05, 3.63) is 53.5 Å². The Kier molecular flexibility index (Phi) is 3.20. The van der Waals surface area contributed by atoms with E-state index in [1.54, 1.807) is 0 Å².